The zero-order valence-electron chi connectivity index (χ0n) is 10.2. The zero-order valence-corrected chi connectivity index (χ0v) is 11.8. The van der Waals surface area contributed by atoms with Crippen molar-refractivity contribution in [2.24, 2.45) is 0 Å². The maximum atomic E-state index is 13.0. The summed E-state index contributed by atoms with van der Waals surface area (Å²) < 4.78 is 13.4. The summed E-state index contributed by atoms with van der Waals surface area (Å²) in [5.41, 5.74) is 0.853. The van der Waals surface area contributed by atoms with Crippen LogP contribution in [0.4, 0.5) is 4.39 Å². The molecule has 100 valence electrons. The van der Waals surface area contributed by atoms with Gasteiger partial charge in [0, 0.05) is 6.54 Å². The first-order chi connectivity index (χ1) is 8.54. The summed E-state index contributed by atoms with van der Waals surface area (Å²) in [4.78, 5) is 11.0. The standard InChI is InChI=1S/C13H17BrFNO2/c1-2-3-4-12(13(17)18)16-8-9-5-6-11(15)10(14)7-9/h5-7,12,16H,2-4,8H2,1H3,(H,17,18). The van der Waals surface area contributed by atoms with Crippen LogP contribution >= 0.6 is 15.9 Å². The highest BCUT2D eigenvalue weighted by Crippen LogP contribution is 2.17. The number of hydrogen-bond acceptors (Lipinski definition) is 2. The Kier molecular flexibility index (Phi) is 6.29. The Morgan fingerprint density at radius 3 is 2.83 bits per heavy atom. The van der Waals surface area contributed by atoms with Gasteiger partial charge in [0.15, 0.2) is 0 Å². The number of aliphatic carboxylic acids is 1. The molecule has 0 heterocycles. The predicted octanol–water partition coefficient (Wildman–Crippen LogP) is 3.32. The van der Waals surface area contributed by atoms with Crippen molar-refractivity contribution in [2.75, 3.05) is 0 Å². The quantitative estimate of drug-likeness (QED) is 0.811. The molecule has 0 amide bonds. The second kappa shape index (κ2) is 7.48. The molecule has 1 atom stereocenters. The summed E-state index contributed by atoms with van der Waals surface area (Å²) in [6, 6.07) is 4.12. The Bertz CT molecular complexity index is 412. The first-order valence-corrected chi connectivity index (χ1v) is 6.74. The molecular weight excluding hydrogens is 301 g/mol. The Labute approximate surface area is 115 Å². The number of benzene rings is 1. The van der Waals surface area contributed by atoms with Crippen molar-refractivity contribution in [1.82, 2.24) is 5.32 Å². The molecule has 0 saturated carbocycles. The van der Waals surface area contributed by atoms with Gasteiger partial charge in [-0.1, -0.05) is 25.8 Å². The van der Waals surface area contributed by atoms with Crippen molar-refractivity contribution in [3.05, 3.63) is 34.1 Å². The fraction of sp³-hybridized carbons (Fsp3) is 0.462. The van der Waals surface area contributed by atoms with Crippen molar-refractivity contribution in [3.8, 4) is 0 Å². The first kappa shape index (κ1) is 15.1. The molecule has 0 aromatic heterocycles. The molecule has 18 heavy (non-hydrogen) atoms. The number of hydrogen-bond donors (Lipinski definition) is 2. The molecule has 1 aromatic carbocycles. The fourth-order valence-electron chi connectivity index (χ4n) is 1.61. The summed E-state index contributed by atoms with van der Waals surface area (Å²) in [5.74, 6) is -1.16. The van der Waals surface area contributed by atoms with Gasteiger partial charge < -0.3 is 10.4 Å². The summed E-state index contributed by atoms with van der Waals surface area (Å²) in [5, 5.41) is 12.0. The maximum Gasteiger partial charge on any atom is 0.320 e. The number of nitrogens with one attached hydrogen (secondary N) is 1. The van der Waals surface area contributed by atoms with Crippen molar-refractivity contribution in [1.29, 1.82) is 0 Å². The molecule has 0 aliphatic rings. The highest BCUT2D eigenvalue weighted by molar-refractivity contribution is 9.10. The predicted molar refractivity (Wildman–Crippen MR) is 71.9 cm³/mol. The summed E-state index contributed by atoms with van der Waals surface area (Å²) in [6.07, 6.45) is 2.44. The van der Waals surface area contributed by atoms with Crippen LogP contribution in [0.1, 0.15) is 31.7 Å². The van der Waals surface area contributed by atoms with Gasteiger partial charge in [0.2, 0.25) is 0 Å². The van der Waals surface area contributed by atoms with E-state index in [9.17, 15) is 9.18 Å². The van der Waals surface area contributed by atoms with Gasteiger partial charge in [0.05, 0.1) is 4.47 Å². The zero-order chi connectivity index (χ0) is 13.5. The Balaban J connectivity index is 2.55. The molecule has 1 unspecified atom stereocenters. The van der Waals surface area contributed by atoms with Gasteiger partial charge in [-0.25, -0.2) is 4.39 Å². The first-order valence-electron chi connectivity index (χ1n) is 5.94. The van der Waals surface area contributed by atoms with Crippen LogP contribution < -0.4 is 5.32 Å². The molecule has 0 aliphatic heterocycles. The Morgan fingerprint density at radius 1 is 1.56 bits per heavy atom. The topological polar surface area (TPSA) is 49.3 Å². The summed E-state index contributed by atoms with van der Waals surface area (Å²) in [6.45, 7) is 2.44. The van der Waals surface area contributed by atoms with E-state index in [2.05, 4.69) is 21.2 Å². The normalized spacial score (nSPS) is 12.4. The van der Waals surface area contributed by atoms with Crippen molar-refractivity contribution < 1.29 is 14.3 Å². The van der Waals surface area contributed by atoms with Crippen molar-refractivity contribution in [3.63, 3.8) is 0 Å². The third-order valence-corrected chi connectivity index (χ3v) is 3.29. The summed E-state index contributed by atoms with van der Waals surface area (Å²) >= 11 is 3.10. The average Bonchev–Trinajstić information content (AvgIpc) is 2.33. The van der Waals surface area contributed by atoms with Crippen LogP contribution in [0.5, 0.6) is 0 Å². The van der Waals surface area contributed by atoms with Crippen LogP contribution in [0.25, 0.3) is 0 Å². The molecule has 0 spiro atoms. The third kappa shape index (κ3) is 4.74. The van der Waals surface area contributed by atoms with Gasteiger partial charge in [-0.15, -0.1) is 0 Å². The number of carbonyl (C=O) groups is 1. The maximum absolute atomic E-state index is 13.0. The van der Waals surface area contributed by atoms with E-state index in [1.807, 2.05) is 6.92 Å². The molecule has 2 N–H and O–H groups in total. The van der Waals surface area contributed by atoms with Gasteiger partial charge in [-0.05, 0) is 40.0 Å². The number of halogens is 2. The average molecular weight is 318 g/mol. The highest BCUT2D eigenvalue weighted by atomic mass is 79.9. The SMILES string of the molecule is CCCCC(NCc1ccc(F)c(Br)c1)C(=O)O. The van der Waals surface area contributed by atoms with E-state index in [-0.39, 0.29) is 5.82 Å². The van der Waals surface area contributed by atoms with E-state index < -0.39 is 12.0 Å². The smallest absolute Gasteiger partial charge is 0.320 e. The molecule has 0 saturated heterocycles. The second-order valence-corrected chi connectivity index (χ2v) is 5.02. The third-order valence-electron chi connectivity index (χ3n) is 2.68. The van der Waals surface area contributed by atoms with E-state index in [4.69, 9.17) is 5.11 Å². The lowest BCUT2D eigenvalue weighted by Gasteiger charge is -2.14. The minimum Gasteiger partial charge on any atom is -0.480 e. The van der Waals surface area contributed by atoms with E-state index in [1.54, 1.807) is 12.1 Å². The summed E-state index contributed by atoms with van der Waals surface area (Å²) in [7, 11) is 0. The number of rotatable bonds is 7. The van der Waals surface area contributed by atoms with Gasteiger partial charge in [-0.3, -0.25) is 4.79 Å². The number of carboxylic acids is 1. The molecule has 0 aliphatic carbocycles. The molecule has 3 nitrogen and oxygen atoms in total. The van der Waals surface area contributed by atoms with E-state index in [1.165, 1.54) is 6.07 Å². The van der Waals surface area contributed by atoms with Crippen LogP contribution in [0.2, 0.25) is 0 Å². The van der Waals surface area contributed by atoms with Crippen molar-refractivity contribution in [2.45, 2.75) is 38.8 Å². The lowest BCUT2D eigenvalue weighted by atomic mass is 10.1. The van der Waals surface area contributed by atoms with Crippen molar-refractivity contribution >= 4 is 21.9 Å². The lowest BCUT2D eigenvalue weighted by Crippen LogP contribution is -2.36. The number of unbranched alkanes of at least 4 members (excludes halogenated alkanes) is 1. The molecule has 1 rings (SSSR count). The molecule has 0 fully saturated rings. The molecule has 0 bridgehead atoms. The van der Waals surface area contributed by atoms with Gasteiger partial charge >= 0.3 is 5.97 Å². The minimum absolute atomic E-state index is 0.320. The van der Waals surface area contributed by atoms with E-state index in [0.29, 0.717) is 17.4 Å². The number of carboxylic acid groups (broad SMARTS) is 1. The Hall–Kier alpha value is -0.940. The largest absolute Gasteiger partial charge is 0.480 e. The van der Waals surface area contributed by atoms with Gasteiger partial charge in [-0.2, -0.15) is 0 Å². The second-order valence-electron chi connectivity index (χ2n) is 4.16. The van der Waals surface area contributed by atoms with Gasteiger partial charge in [0.25, 0.3) is 0 Å². The molecule has 5 heteroatoms. The lowest BCUT2D eigenvalue weighted by molar-refractivity contribution is -0.139. The minimum atomic E-state index is -0.843. The van der Waals surface area contributed by atoms with Crippen LogP contribution in [0, 0.1) is 5.82 Å². The monoisotopic (exact) mass is 317 g/mol. The van der Waals surface area contributed by atoms with Crippen LogP contribution in [0.15, 0.2) is 22.7 Å². The van der Waals surface area contributed by atoms with E-state index in [0.717, 1.165) is 18.4 Å². The molecular formula is C13H17BrFNO2. The van der Waals surface area contributed by atoms with Crippen LogP contribution in [-0.2, 0) is 11.3 Å². The Morgan fingerprint density at radius 2 is 2.28 bits per heavy atom. The van der Waals surface area contributed by atoms with E-state index >= 15 is 0 Å². The fourth-order valence-corrected chi connectivity index (χ4v) is 2.04. The molecule has 0 radical (unpaired) electrons. The van der Waals surface area contributed by atoms with Gasteiger partial charge in [0.1, 0.15) is 11.9 Å². The van der Waals surface area contributed by atoms with Crippen LogP contribution in [0.3, 0.4) is 0 Å². The highest BCUT2D eigenvalue weighted by Gasteiger charge is 2.15. The molecule has 1 aromatic rings. The van der Waals surface area contributed by atoms with Crippen LogP contribution in [-0.4, -0.2) is 17.1 Å².